The first-order valence-corrected chi connectivity index (χ1v) is 7.65. The van der Waals surface area contributed by atoms with Crippen LogP contribution in [-0.4, -0.2) is 27.3 Å². The fourth-order valence-electron chi connectivity index (χ4n) is 2.33. The van der Waals surface area contributed by atoms with Gasteiger partial charge in [-0.05, 0) is 56.0 Å². The van der Waals surface area contributed by atoms with E-state index >= 15 is 0 Å². The van der Waals surface area contributed by atoms with Crippen molar-refractivity contribution >= 4 is 17.5 Å². The summed E-state index contributed by atoms with van der Waals surface area (Å²) in [5.41, 5.74) is 2.26. The zero-order valence-corrected chi connectivity index (χ0v) is 13.7. The zero-order valence-electron chi connectivity index (χ0n) is 13.0. The number of phenols is 2. The Morgan fingerprint density at radius 2 is 2.13 bits per heavy atom. The van der Waals surface area contributed by atoms with E-state index in [1.165, 1.54) is 12.1 Å². The van der Waals surface area contributed by atoms with Gasteiger partial charge in [0.1, 0.15) is 0 Å². The van der Waals surface area contributed by atoms with E-state index in [2.05, 4.69) is 10.5 Å². The molecule has 1 aromatic heterocycles. The molecular formula is C16H19ClN2O4. The summed E-state index contributed by atoms with van der Waals surface area (Å²) in [6.45, 7) is 3.65. The molecular weight excluding hydrogens is 320 g/mol. The lowest BCUT2D eigenvalue weighted by Gasteiger charge is -2.14. The Hall–Kier alpha value is -2.21. The lowest BCUT2D eigenvalue weighted by atomic mass is 10.1. The third-order valence-corrected chi connectivity index (χ3v) is 3.83. The van der Waals surface area contributed by atoms with E-state index in [4.69, 9.17) is 16.1 Å². The molecule has 1 unspecified atom stereocenters. The summed E-state index contributed by atoms with van der Waals surface area (Å²) in [5.74, 6) is -0.429. The third-order valence-electron chi connectivity index (χ3n) is 3.53. The maximum absolute atomic E-state index is 12.0. The number of benzene rings is 1. The quantitative estimate of drug-likeness (QED) is 0.704. The van der Waals surface area contributed by atoms with Crippen molar-refractivity contribution in [1.82, 2.24) is 10.5 Å². The summed E-state index contributed by atoms with van der Waals surface area (Å²) in [6, 6.07) is 4.51. The molecule has 0 aliphatic rings. The fourth-order valence-corrected chi connectivity index (χ4v) is 2.59. The highest BCUT2D eigenvalue weighted by molar-refractivity contribution is 6.29. The van der Waals surface area contributed by atoms with Gasteiger partial charge in [0, 0.05) is 18.0 Å². The molecule has 0 saturated carbocycles. The third kappa shape index (κ3) is 4.63. The summed E-state index contributed by atoms with van der Waals surface area (Å²) in [7, 11) is 0. The van der Waals surface area contributed by atoms with Crippen molar-refractivity contribution in [3.8, 4) is 11.5 Å². The lowest BCUT2D eigenvalue weighted by molar-refractivity contribution is -0.121. The minimum Gasteiger partial charge on any atom is -0.504 e. The van der Waals surface area contributed by atoms with E-state index in [9.17, 15) is 15.0 Å². The Morgan fingerprint density at radius 3 is 2.74 bits per heavy atom. The van der Waals surface area contributed by atoms with Crippen LogP contribution >= 0.6 is 11.6 Å². The smallest absolute Gasteiger partial charge is 0.229 e. The minimum atomic E-state index is -0.168. The van der Waals surface area contributed by atoms with E-state index in [0.29, 0.717) is 18.5 Å². The second kappa shape index (κ2) is 7.37. The van der Waals surface area contributed by atoms with Crippen LogP contribution in [0.4, 0.5) is 0 Å². The van der Waals surface area contributed by atoms with Crippen molar-refractivity contribution in [3.63, 3.8) is 0 Å². The number of halogens is 1. The molecule has 3 N–H and O–H groups in total. The molecule has 23 heavy (non-hydrogen) atoms. The average molecular weight is 339 g/mol. The van der Waals surface area contributed by atoms with Crippen LogP contribution in [0.5, 0.6) is 11.5 Å². The molecule has 7 heteroatoms. The largest absolute Gasteiger partial charge is 0.504 e. The van der Waals surface area contributed by atoms with Crippen molar-refractivity contribution in [2.24, 2.45) is 0 Å². The van der Waals surface area contributed by atoms with Gasteiger partial charge in [-0.25, -0.2) is 0 Å². The molecule has 2 rings (SSSR count). The molecule has 1 aromatic carbocycles. The summed E-state index contributed by atoms with van der Waals surface area (Å²) in [4.78, 5) is 12.0. The number of rotatable bonds is 6. The summed E-state index contributed by atoms with van der Waals surface area (Å²) in [5, 5.41) is 25.6. The fraction of sp³-hybridized carbons (Fsp3) is 0.375. The molecule has 0 aliphatic carbocycles. The maximum Gasteiger partial charge on any atom is 0.229 e. The molecule has 1 amide bonds. The molecule has 6 nitrogen and oxygen atoms in total. The Balaban J connectivity index is 1.83. The van der Waals surface area contributed by atoms with Crippen molar-refractivity contribution in [3.05, 3.63) is 40.2 Å². The van der Waals surface area contributed by atoms with Crippen LogP contribution in [0, 0.1) is 6.92 Å². The van der Waals surface area contributed by atoms with E-state index < -0.39 is 0 Å². The van der Waals surface area contributed by atoms with Crippen LogP contribution in [0.2, 0.25) is 5.22 Å². The maximum atomic E-state index is 12.0. The first kappa shape index (κ1) is 17.1. The molecule has 0 bridgehead atoms. The van der Waals surface area contributed by atoms with Crippen LogP contribution in [0.3, 0.4) is 0 Å². The van der Waals surface area contributed by atoms with Gasteiger partial charge in [-0.2, -0.15) is 0 Å². The number of carbonyl (C=O) groups is 1. The highest BCUT2D eigenvalue weighted by Gasteiger charge is 2.14. The van der Waals surface area contributed by atoms with Gasteiger partial charge in [0.15, 0.2) is 11.5 Å². The summed E-state index contributed by atoms with van der Waals surface area (Å²) >= 11 is 5.86. The topological polar surface area (TPSA) is 95.6 Å². The van der Waals surface area contributed by atoms with Gasteiger partial charge in [-0.1, -0.05) is 11.2 Å². The van der Waals surface area contributed by atoms with Crippen LogP contribution < -0.4 is 5.32 Å². The predicted molar refractivity (Wildman–Crippen MR) is 85.7 cm³/mol. The Labute approximate surface area is 139 Å². The lowest BCUT2D eigenvalue weighted by Crippen LogP contribution is -2.34. The van der Waals surface area contributed by atoms with Crippen LogP contribution in [0.15, 0.2) is 22.7 Å². The zero-order chi connectivity index (χ0) is 17.0. The summed E-state index contributed by atoms with van der Waals surface area (Å²) < 4.78 is 4.85. The SMILES string of the molecule is Cc1noc(Cl)c1CCC(=O)NC(C)Cc1ccc(O)c(O)c1. The van der Waals surface area contributed by atoms with Gasteiger partial charge in [0.25, 0.3) is 0 Å². The Morgan fingerprint density at radius 1 is 1.39 bits per heavy atom. The standard InChI is InChI=1S/C16H19ClN2O4/c1-9(7-11-3-5-13(20)14(21)8-11)18-15(22)6-4-12-10(2)19-23-16(12)17/h3,5,8-9,20-21H,4,6-7H2,1-2H3,(H,18,22). The Bertz CT molecular complexity index is 680. The molecule has 1 atom stereocenters. The predicted octanol–water partition coefficient (Wildman–Crippen LogP) is 2.73. The molecule has 0 fully saturated rings. The Kier molecular flexibility index (Phi) is 5.50. The van der Waals surface area contributed by atoms with E-state index in [1.807, 2.05) is 6.92 Å². The molecule has 0 radical (unpaired) electrons. The van der Waals surface area contributed by atoms with Crippen LogP contribution in [0.1, 0.15) is 30.2 Å². The van der Waals surface area contributed by atoms with Crippen molar-refractivity contribution < 1.29 is 19.5 Å². The number of nitrogens with zero attached hydrogens (tertiary/aromatic N) is 1. The number of hydrogen-bond donors (Lipinski definition) is 3. The number of aromatic hydroxyl groups is 2. The average Bonchev–Trinajstić information content (AvgIpc) is 2.79. The van der Waals surface area contributed by atoms with Crippen LogP contribution in [-0.2, 0) is 17.6 Å². The summed E-state index contributed by atoms with van der Waals surface area (Å²) in [6.07, 6.45) is 1.30. The van der Waals surface area contributed by atoms with Gasteiger partial charge in [-0.15, -0.1) is 0 Å². The number of aromatic nitrogens is 1. The first-order chi connectivity index (χ1) is 10.9. The van der Waals surface area contributed by atoms with E-state index in [1.54, 1.807) is 13.0 Å². The minimum absolute atomic E-state index is 0.0998. The molecule has 0 spiro atoms. The second-order valence-electron chi connectivity index (χ2n) is 5.52. The molecule has 0 aliphatic heterocycles. The van der Waals surface area contributed by atoms with Gasteiger partial charge in [0.05, 0.1) is 5.69 Å². The van der Waals surface area contributed by atoms with Crippen molar-refractivity contribution in [2.45, 2.75) is 39.2 Å². The first-order valence-electron chi connectivity index (χ1n) is 7.27. The number of amides is 1. The number of phenolic OH excluding ortho intramolecular Hbond substituents is 2. The monoisotopic (exact) mass is 338 g/mol. The van der Waals surface area contributed by atoms with Gasteiger partial charge in [-0.3, -0.25) is 4.79 Å². The number of aryl methyl sites for hydroxylation is 1. The highest BCUT2D eigenvalue weighted by Crippen LogP contribution is 2.25. The second-order valence-corrected chi connectivity index (χ2v) is 5.86. The number of carbonyl (C=O) groups excluding carboxylic acids is 1. The number of nitrogens with one attached hydrogen (secondary N) is 1. The van der Waals surface area contributed by atoms with E-state index in [-0.39, 0.29) is 35.1 Å². The van der Waals surface area contributed by atoms with Gasteiger partial charge >= 0.3 is 0 Å². The molecule has 0 saturated heterocycles. The van der Waals surface area contributed by atoms with Gasteiger partial charge < -0.3 is 20.1 Å². The van der Waals surface area contributed by atoms with Gasteiger partial charge in [0.2, 0.25) is 11.1 Å². The number of hydrogen-bond acceptors (Lipinski definition) is 5. The molecule has 124 valence electrons. The highest BCUT2D eigenvalue weighted by atomic mass is 35.5. The van der Waals surface area contributed by atoms with Crippen molar-refractivity contribution in [2.75, 3.05) is 0 Å². The van der Waals surface area contributed by atoms with Crippen LogP contribution in [0.25, 0.3) is 0 Å². The molecule has 2 aromatic rings. The molecule has 1 heterocycles. The van der Waals surface area contributed by atoms with Crippen molar-refractivity contribution in [1.29, 1.82) is 0 Å². The normalized spacial score (nSPS) is 12.1. The van der Waals surface area contributed by atoms with E-state index in [0.717, 1.165) is 11.1 Å².